The van der Waals surface area contributed by atoms with Gasteiger partial charge in [-0.15, -0.1) is 0 Å². The van der Waals surface area contributed by atoms with Gasteiger partial charge in [0.2, 0.25) is 6.41 Å². The highest BCUT2D eigenvalue weighted by atomic mass is 16.5. The fourth-order valence-electron chi connectivity index (χ4n) is 2.42. The van der Waals surface area contributed by atoms with E-state index in [1.807, 2.05) is 31.2 Å². The van der Waals surface area contributed by atoms with E-state index >= 15 is 0 Å². The van der Waals surface area contributed by atoms with Gasteiger partial charge in [-0.25, -0.2) is 0 Å². The lowest BCUT2D eigenvalue weighted by molar-refractivity contribution is -0.105. The van der Waals surface area contributed by atoms with E-state index in [1.165, 1.54) is 0 Å². The number of nitrogens with one attached hydrogen (secondary N) is 1. The molecule has 2 aromatic carbocycles. The Morgan fingerprint density at radius 3 is 2.33 bits per heavy atom. The third-order valence-electron chi connectivity index (χ3n) is 4.03. The van der Waals surface area contributed by atoms with Crippen molar-refractivity contribution in [3.8, 4) is 5.75 Å². The van der Waals surface area contributed by atoms with E-state index in [9.17, 15) is 9.59 Å². The standard InChI is InChI=1S/C19H22N2O3/c1-14(12-15-4-10-18(24-3)11-5-15)21(2)19(23)16-6-8-17(9-7-16)20-13-22/h4-11,13-14H,12H2,1-3H3,(H,20,22). The number of anilines is 1. The third kappa shape index (κ3) is 4.35. The lowest BCUT2D eigenvalue weighted by Gasteiger charge is -2.25. The Bertz CT molecular complexity index is 681. The van der Waals surface area contributed by atoms with E-state index in [2.05, 4.69) is 5.32 Å². The summed E-state index contributed by atoms with van der Waals surface area (Å²) in [6.07, 6.45) is 1.37. The van der Waals surface area contributed by atoms with Crippen molar-refractivity contribution in [2.45, 2.75) is 19.4 Å². The van der Waals surface area contributed by atoms with Gasteiger partial charge in [-0.1, -0.05) is 12.1 Å². The minimum atomic E-state index is -0.0475. The van der Waals surface area contributed by atoms with E-state index in [0.717, 1.165) is 17.7 Å². The Kier molecular flexibility index (Phi) is 5.95. The number of benzene rings is 2. The average molecular weight is 326 g/mol. The lowest BCUT2D eigenvalue weighted by atomic mass is 10.0. The zero-order valence-electron chi connectivity index (χ0n) is 14.2. The van der Waals surface area contributed by atoms with E-state index in [0.29, 0.717) is 17.7 Å². The van der Waals surface area contributed by atoms with E-state index in [1.54, 1.807) is 43.3 Å². The van der Waals surface area contributed by atoms with Crippen LogP contribution in [0.25, 0.3) is 0 Å². The smallest absolute Gasteiger partial charge is 0.253 e. The van der Waals surface area contributed by atoms with Crippen molar-refractivity contribution in [3.63, 3.8) is 0 Å². The van der Waals surface area contributed by atoms with Crippen LogP contribution in [-0.2, 0) is 11.2 Å². The van der Waals surface area contributed by atoms with E-state index < -0.39 is 0 Å². The maximum absolute atomic E-state index is 12.6. The van der Waals surface area contributed by atoms with Gasteiger partial charge < -0.3 is 15.0 Å². The fraction of sp³-hybridized carbons (Fsp3) is 0.263. The number of hydrogen-bond acceptors (Lipinski definition) is 3. The maximum Gasteiger partial charge on any atom is 0.253 e. The summed E-state index contributed by atoms with van der Waals surface area (Å²) in [6.45, 7) is 2.02. The van der Waals surface area contributed by atoms with Gasteiger partial charge in [0.05, 0.1) is 7.11 Å². The van der Waals surface area contributed by atoms with Gasteiger partial charge >= 0.3 is 0 Å². The minimum Gasteiger partial charge on any atom is -0.497 e. The zero-order valence-corrected chi connectivity index (χ0v) is 14.2. The predicted molar refractivity (Wildman–Crippen MR) is 94.4 cm³/mol. The first-order chi connectivity index (χ1) is 11.5. The Hall–Kier alpha value is -2.82. The van der Waals surface area contributed by atoms with Crippen LogP contribution in [0.5, 0.6) is 5.75 Å². The molecule has 0 saturated carbocycles. The topological polar surface area (TPSA) is 58.6 Å². The van der Waals surface area contributed by atoms with Crippen LogP contribution in [0.1, 0.15) is 22.8 Å². The molecular weight excluding hydrogens is 304 g/mol. The molecule has 0 radical (unpaired) electrons. The Labute approximate surface area is 142 Å². The van der Waals surface area contributed by atoms with Crippen molar-refractivity contribution in [1.82, 2.24) is 4.90 Å². The van der Waals surface area contributed by atoms with Crippen LogP contribution in [0.15, 0.2) is 48.5 Å². The first-order valence-corrected chi connectivity index (χ1v) is 7.75. The summed E-state index contributed by atoms with van der Waals surface area (Å²) in [7, 11) is 3.44. The molecule has 126 valence electrons. The number of rotatable bonds is 7. The van der Waals surface area contributed by atoms with Gasteiger partial charge in [0.25, 0.3) is 5.91 Å². The molecular formula is C19H22N2O3. The summed E-state index contributed by atoms with van der Waals surface area (Å²) < 4.78 is 5.15. The van der Waals surface area contributed by atoms with E-state index in [4.69, 9.17) is 4.74 Å². The summed E-state index contributed by atoms with van der Waals surface area (Å²) in [5.41, 5.74) is 2.40. The normalized spacial score (nSPS) is 11.5. The van der Waals surface area contributed by atoms with Gasteiger partial charge in [-0.3, -0.25) is 9.59 Å². The maximum atomic E-state index is 12.6. The number of carbonyl (C=O) groups is 2. The van der Waals surface area contributed by atoms with Crippen molar-refractivity contribution in [2.24, 2.45) is 0 Å². The molecule has 0 spiro atoms. The van der Waals surface area contributed by atoms with E-state index in [-0.39, 0.29) is 11.9 Å². The van der Waals surface area contributed by atoms with Crippen molar-refractivity contribution in [2.75, 3.05) is 19.5 Å². The van der Waals surface area contributed by atoms with Crippen molar-refractivity contribution in [3.05, 3.63) is 59.7 Å². The second-order valence-electron chi connectivity index (χ2n) is 5.66. The molecule has 0 aliphatic heterocycles. The number of nitrogens with zero attached hydrogens (tertiary/aromatic N) is 1. The highest BCUT2D eigenvalue weighted by Gasteiger charge is 2.17. The molecule has 0 fully saturated rings. The first-order valence-electron chi connectivity index (χ1n) is 7.75. The number of likely N-dealkylation sites (N-methyl/N-ethyl adjacent to an activating group) is 1. The second-order valence-corrected chi connectivity index (χ2v) is 5.66. The number of carbonyl (C=O) groups excluding carboxylic acids is 2. The van der Waals surface area contributed by atoms with Gasteiger partial charge in [-0.2, -0.15) is 0 Å². The second kappa shape index (κ2) is 8.15. The highest BCUT2D eigenvalue weighted by molar-refractivity contribution is 5.94. The molecule has 0 saturated heterocycles. The highest BCUT2D eigenvalue weighted by Crippen LogP contribution is 2.16. The molecule has 2 amide bonds. The van der Waals surface area contributed by atoms with Gasteiger partial charge in [0, 0.05) is 24.3 Å². The van der Waals surface area contributed by atoms with Crippen LogP contribution in [0, 0.1) is 0 Å². The van der Waals surface area contributed by atoms with Gasteiger partial charge in [-0.05, 0) is 55.3 Å². The minimum absolute atomic E-state index is 0.0475. The molecule has 0 aliphatic rings. The Balaban J connectivity index is 2.01. The molecule has 5 nitrogen and oxygen atoms in total. The molecule has 0 aromatic heterocycles. The summed E-state index contributed by atoms with van der Waals surface area (Å²) >= 11 is 0. The quantitative estimate of drug-likeness (QED) is 0.796. The predicted octanol–water partition coefficient (Wildman–Crippen LogP) is 2.97. The van der Waals surface area contributed by atoms with Crippen molar-refractivity contribution >= 4 is 18.0 Å². The van der Waals surface area contributed by atoms with Gasteiger partial charge in [0.1, 0.15) is 5.75 Å². The van der Waals surface area contributed by atoms with Crippen molar-refractivity contribution in [1.29, 1.82) is 0 Å². The SMILES string of the molecule is COc1ccc(CC(C)N(C)C(=O)c2ccc(NC=O)cc2)cc1. The summed E-state index contributed by atoms with van der Waals surface area (Å²) in [6, 6.07) is 14.8. The molecule has 24 heavy (non-hydrogen) atoms. The Morgan fingerprint density at radius 1 is 1.17 bits per heavy atom. The van der Waals surface area contributed by atoms with Crippen LogP contribution in [0.3, 0.4) is 0 Å². The number of methoxy groups -OCH3 is 1. The fourth-order valence-corrected chi connectivity index (χ4v) is 2.42. The van der Waals surface area contributed by atoms with Crippen LogP contribution < -0.4 is 10.1 Å². The molecule has 0 aliphatic carbocycles. The molecule has 2 aromatic rings. The molecule has 0 bridgehead atoms. The molecule has 2 rings (SSSR count). The summed E-state index contributed by atoms with van der Waals surface area (Å²) in [5.74, 6) is 0.772. The largest absolute Gasteiger partial charge is 0.497 e. The van der Waals surface area contributed by atoms with Crippen LogP contribution in [0.4, 0.5) is 5.69 Å². The van der Waals surface area contributed by atoms with Crippen molar-refractivity contribution < 1.29 is 14.3 Å². The summed E-state index contributed by atoms with van der Waals surface area (Å²) in [5, 5.41) is 2.55. The first kappa shape index (κ1) is 17.5. The number of ether oxygens (including phenoxy) is 1. The monoisotopic (exact) mass is 326 g/mol. The van der Waals surface area contributed by atoms with Crippen LogP contribution >= 0.6 is 0 Å². The number of hydrogen-bond donors (Lipinski definition) is 1. The van der Waals surface area contributed by atoms with Crippen LogP contribution in [-0.4, -0.2) is 37.4 Å². The number of amides is 2. The molecule has 0 heterocycles. The summed E-state index contributed by atoms with van der Waals surface area (Å²) in [4.78, 5) is 24.7. The zero-order chi connectivity index (χ0) is 17.5. The molecule has 1 N–H and O–H groups in total. The average Bonchev–Trinajstić information content (AvgIpc) is 2.62. The molecule has 1 unspecified atom stereocenters. The lowest BCUT2D eigenvalue weighted by Crippen LogP contribution is -2.36. The third-order valence-corrected chi connectivity index (χ3v) is 4.03. The van der Waals surface area contributed by atoms with Gasteiger partial charge in [0.15, 0.2) is 0 Å². The molecule has 5 heteroatoms. The Morgan fingerprint density at radius 2 is 1.79 bits per heavy atom. The molecule has 1 atom stereocenters. The van der Waals surface area contributed by atoms with Crippen LogP contribution in [0.2, 0.25) is 0 Å².